The molecule has 0 amide bonds. The lowest BCUT2D eigenvalue weighted by Gasteiger charge is -2.47. The van der Waals surface area contributed by atoms with Gasteiger partial charge in [0, 0.05) is 19.6 Å². The predicted molar refractivity (Wildman–Crippen MR) is 86.8 cm³/mol. The molecule has 4 rings (SSSR count). The van der Waals surface area contributed by atoms with Crippen molar-refractivity contribution in [1.29, 1.82) is 0 Å². The van der Waals surface area contributed by atoms with Gasteiger partial charge in [0.15, 0.2) is 0 Å². The van der Waals surface area contributed by atoms with Gasteiger partial charge in [0.1, 0.15) is 0 Å². The largest absolute Gasteiger partial charge is 0.298 e. The molecule has 116 valence electrons. The van der Waals surface area contributed by atoms with Crippen molar-refractivity contribution in [3.05, 3.63) is 40.7 Å². The maximum Gasteiger partial charge on any atom is 0.238 e. The Labute approximate surface area is 135 Å². The molecule has 1 N–H and O–H groups in total. The fourth-order valence-corrected chi connectivity index (χ4v) is 4.50. The molecule has 2 aliphatic rings. The minimum absolute atomic E-state index is 0.447. The Morgan fingerprint density at radius 3 is 2.50 bits per heavy atom. The number of nitrogens with one attached hydrogen (secondary N) is 1. The van der Waals surface area contributed by atoms with Crippen molar-refractivity contribution in [2.45, 2.75) is 31.8 Å². The van der Waals surface area contributed by atoms with E-state index < -0.39 is 0 Å². The number of aromatic amines is 1. The van der Waals surface area contributed by atoms with E-state index in [9.17, 15) is 0 Å². The molecular formula is C16H21N5S. The third kappa shape index (κ3) is 2.61. The molecular weight excluding hydrogens is 294 g/mol. The summed E-state index contributed by atoms with van der Waals surface area (Å²) in [5, 5.41) is 10.8. The van der Waals surface area contributed by atoms with Crippen molar-refractivity contribution in [2.24, 2.45) is 11.8 Å². The van der Waals surface area contributed by atoms with Crippen molar-refractivity contribution in [3.63, 3.8) is 0 Å². The summed E-state index contributed by atoms with van der Waals surface area (Å²) in [6.07, 6.45) is 3.88. The number of aromatic nitrogens is 4. The second-order valence-corrected chi connectivity index (χ2v) is 6.94. The quantitative estimate of drug-likeness (QED) is 0.885. The normalized spacial score (nSPS) is 28.6. The molecule has 1 saturated carbocycles. The molecule has 2 fully saturated rings. The zero-order chi connectivity index (χ0) is 14.9. The van der Waals surface area contributed by atoms with E-state index in [4.69, 9.17) is 12.2 Å². The Bertz CT molecular complexity index is 665. The standard InChI is InChI=1S/C16H21N5S/c22-16-17-18-19-21(16)15-13-7-4-8-14(15)11-20(10-13)9-12-5-2-1-3-6-12/h1-3,5-6,13-15H,4,7-11H2,(H,17,19,22). The molecule has 5 nitrogen and oxygen atoms in total. The van der Waals surface area contributed by atoms with Crippen LogP contribution in [0, 0.1) is 16.6 Å². The van der Waals surface area contributed by atoms with E-state index in [-0.39, 0.29) is 0 Å². The fourth-order valence-electron chi connectivity index (χ4n) is 4.30. The molecule has 1 aliphatic carbocycles. The number of likely N-dealkylation sites (tertiary alicyclic amines) is 1. The predicted octanol–water partition coefficient (Wildman–Crippen LogP) is 2.81. The summed E-state index contributed by atoms with van der Waals surface area (Å²) >= 11 is 5.32. The molecule has 1 aromatic carbocycles. The zero-order valence-electron chi connectivity index (χ0n) is 12.6. The first-order valence-corrected chi connectivity index (χ1v) is 8.48. The minimum atomic E-state index is 0.447. The summed E-state index contributed by atoms with van der Waals surface area (Å²) in [4.78, 5) is 2.60. The Hall–Kier alpha value is -1.53. The van der Waals surface area contributed by atoms with Gasteiger partial charge in [-0.1, -0.05) is 47.1 Å². The molecule has 1 aromatic heterocycles. The highest BCUT2D eigenvalue weighted by molar-refractivity contribution is 7.71. The van der Waals surface area contributed by atoms with Crippen LogP contribution in [-0.4, -0.2) is 38.2 Å². The van der Waals surface area contributed by atoms with Crippen molar-refractivity contribution >= 4 is 12.2 Å². The highest BCUT2D eigenvalue weighted by atomic mass is 32.1. The molecule has 0 spiro atoms. The summed E-state index contributed by atoms with van der Waals surface area (Å²) in [5.41, 5.74) is 1.40. The number of piperidine rings is 1. The van der Waals surface area contributed by atoms with Crippen molar-refractivity contribution in [2.75, 3.05) is 13.1 Å². The molecule has 0 radical (unpaired) electrons. The lowest BCUT2D eigenvalue weighted by molar-refractivity contribution is 0.0185. The van der Waals surface area contributed by atoms with Gasteiger partial charge < -0.3 is 0 Å². The van der Waals surface area contributed by atoms with E-state index in [1.54, 1.807) is 0 Å². The van der Waals surface area contributed by atoms with Gasteiger partial charge >= 0.3 is 0 Å². The van der Waals surface area contributed by atoms with Crippen LogP contribution in [0.1, 0.15) is 30.9 Å². The molecule has 22 heavy (non-hydrogen) atoms. The van der Waals surface area contributed by atoms with Gasteiger partial charge in [-0.3, -0.25) is 4.90 Å². The van der Waals surface area contributed by atoms with Crippen LogP contribution in [0.4, 0.5) is 0 Å². The lowest BCUT2D eigenvalue weighted by Crippen LogP contribution is -2.49. The summed E-state index contributed by atoms with van der Waals surface area (Å²) in [7, 11) is 0. The highest BCUT2D eigenvalue weighted by Gasteiger charge is 2.41. The Kier molecular flexibility index (Phi) is 3.80. The van der Waals surface area contributed by atoms with Crippen molar-refractivity contribution in [1.82, 2.24) is 25.1 Å². The Balaban J connectivity index is 1.54. The summed E-state index contributed by atoms with van der Waals surface area (Å²) in [6, 6.07) is 11.2. The second-order valence-electron chi connectivity index (χ2n) is 6.57. The number of hydrogen-bond donors (Lipinski definition) is 1. The molecule has 2 bridgehead atoms. The van der Waals surface area contributed by atoms with E-state index in [1.807, 2.05) is 4.68 Å². The fraction of sp³-hybridized carbons (Fsp3) is 0.562. The molecule has 6 heteroatoms. The van der Waals surface area contributed by atoms with Crippen molar-refractivity contribution in [3.8, 4) is 0 Å². The topological polar surface area (TPSA) is 49.7 Å². The van der Waals surface area contributed by atoms with Crippen LogP contribution >= 0.6 is 12.2 Å². The Morgan fingerprint density at radius 2 is 1.86 bits per heavy atom. The van der Waals surface area contributed by atoms with Gasteiger partial charge in [-0.05, 0) is 42.5 Å². The Morgan fingerprint density at radius 1 is 1.14 bits per heavy atom. The molecule has 2 atom stereocenters. The first-order chi connectivity index (χ1) is 10.8. The molecule has 2 unspecified atom stereocenters. The number of tetrazole rings is 1. The van der Waals surface area contributed by atoms with Crippen LogP contribution in [-0.2, 0) is 6.54 Å². The first kappa shape index (κ1) is 14.1. The van der Waals surface area contributed by atoms with E-state index >= 15 is 0 Å². The van der Waals surface area contributed by atoms with E-state index in [1.165, 1.54) is 24.8 Å². The van der Waals surface area contributed by atoms with Gasteiger partial charge in [-0.25, -0.2) is 4.68 Å². The maximum atomic E-state index is 5.32. The van der Waals surface area contributed by atoms with Crippen LogP contribution in [0.25, 0.3) is 0 Å². The minimum Gasteiger partial charge on any atom is -0.298 e. The van der Waals surface area contributed by atoms with E-state index in [0.29, 0.717) is 22.6 Å². The van der Waals surface area contributed by atoms with Crippen LogP contribution in [0.15, 0.2) is 30.3 Å². The van der Waals surface area contributed by atoms with Gasteiger partial charge in [0.25, 0.3) is 0 Å². The van der Waals surface area contributed by atoms with E-state index in [2.05, 4.69) is 50.8 Å². The smallest absolute Gasteiger partial charge is 0.238 e. The summed E-state index contributed by atoms with van der Waals surface area (Å²) in [5.74, 6) is 1.29. The zero-order valence-corrected chi connectivity index (χ0v) is 13.4. The second kappa shape index (κ2) is 5.93. The van der Waals surface area contributed by atoms with Crippen molar-refractivity contribution < 1.29 is 0 Å². The number of H-pyrrole nitrogens is 1. The number of benzene rings is 1. The first-order valence-electron chi connectivity index (χ1n) is 8.07. The summed E-state index contributed by atoms with van der Waals surface area (Å²) < 4.78 is 2.63. The summed E-state index contributed by atoms with van der Waals surface area (Å²) in [6.45, 7) is 3.32. The average Bonchev–Trinajstić information content (AvgIpc) is 2.93. The molecule has 2 heterocycles. The van der Waals surface area contributed by atoms with Gasteiger partial charge in [-0.15, -0.1) is 0 Å². The molecule has 1 saturated heterocycles. The van der Waals surface area contributed by atoms with Gasteiger partial charge in [-0.2, -0.15) is 5.21 Å². The number of hydrogen-bond acceptors (Lipinski definition) is 4. The molecule has 1 aliphatic heterocycles. The van der Waals surface area contributed by atoms with Gasteiger partial charge in [0.05, 0.1) is 6.04 Å². The van der Waals surface area contributed by atoms with Gasteiger partial charge in [0.2, 0.25) is 4.77 Å². The highest BCUT2D eigenvalue weighted by Crippen LogP contribution is 2.42. The van der Waals surface area contributed by atoms with E-state index in [0.717, 1.165) is 19.6 Å². The molecule has 2 aromatic rings. The lowest BCUT2D eigenvalue weighted by atomic mass is 9.73. The average molecular weight is 315 g/mol. The third-order valence-corrected chi connectivity index (χ3v) is 5.42. The SMILES string of the molecule is S=c1nn[nH]n1C1C2CCCC1CN(Cc1ccccc1)C2. The van der Waals surface area contributed by atoms with Crippen LogP contribution in [0.2, 0.25) is 0 Å². The number of rotatable bonds is 3. The third-order valence-electron chi connectivity index (χ3n) is 5.14. The number of nitrogens with zero attached hydrogens (tertiary/aromatic N) is 4. The van der Waals surface area contributed by atoms with Crippen LogP contribution in [0.5, 0.6) is 0 Å². The van der Waals surface area contributed by atoms with Crippen LogP contribution < -0.4 is 0 Å². The monoisotopic (exact) mass is 315 g/mol. The number of fused-ring (bicyclic) bond motifs is 2. The maximum absolute atomic E-state index is 5.32. The van der Waals surface area contributed by atoms with Crippen LogP contribution in [0.3, 0.4) is 0 Å².